The van der Waals surface area contributed by atoms with Crippen LogP contribution in [0.4, 0.5) is 10.6 Å². The third-order valence-electron chi connectivity index (χ3n) is 4.51. The van der Waals surface area contributed by atoms with Gasteiger partial charge in [0.25, 0.3) is 0 Å². The summed E-state index contributed by atoms with van der Waals surface area (Å²) in [5.74, 6) is 1.55. The Hall–Kier alpha value is -2.83. The van der Waals surface area contributed by atoms with Gasteiger partial charge in [-0.3, -0.25) is 0 Å². The molecule has 1 saturated heterocycles. The molecule has 7 heteroatoms. The molecule has 2 amide bonds. The van der Waals surface area contributed by atoms with Crippen LogP contribution in [0.3, 0.4) is 0 Å². The fraction of sp³-hybridized carbons (Fsp3) is 0.450. The minimum Gasteiger partial charge on any atom is -0.478 e. The van der Waals surface area contributed by atoms with Crippen LogP contribution >= 0.6 is 0 Å². The van der Waals surface area contributed by atoms with Crippen LogP contribution in [-0.2, 0) is 13.1 Å². The molecule has 0 atom stereocenters. The molecule has 144 valence electrons. The maximum atomic E-state index is 12.2. The SMILES string of the molecule is CCOc1cc(CNC(=O)NCc2cccnc2N2CCCCC2)ccn1. The lowest BCUT2D eigenvalue weighted by molar-refractivity contribution is 0.240. The maximum Gasteiger partial charge on any atom is 0.315 e. The first-order valence-electron chi connectivity index (χ1n) is 9.54. The quantitative estimate of drug-likeness (QED) is 0.785. The number of nitrogens with zero attached hydrogens (tertiary/aromatic N) is 3. The zero-order valence-electron chi connectivity index (χ0n) is 15.8. The van der Waals surface area contributed by atoms with Gasteiger partial charge in [-0.2, -0.15) is 0 Å². The Morgan fingerprint density at radius 1 is 1.11 bits per heavy atom. The van der Waals surface area contributed by atoms with Crippen molar-refractivity contribution in [2.75, 3.05) is 24.6 Å². The molecule has 27 heavy (non-hydrogen) atoms. The lowest BCUT2D eigenvalue weighted by atomic mass is 10.1. The number of piperidine rings is 1. The van der Waals surface area contributed by atoms with Crippen molar-refractivity contribution in [3.63, 3.8) is 0 Å². The van der Waals surface area contributed by atoms with Gasteiger partial charge in [-0.15, -0.1) is 0 Å². The minimum absolute atomic E-state index is 0.210. The van der Waals surface area contributed by atoms with Gasteiger partial charge in [0.1, 0.15) is 5.82 Å². The highest BCUT2D eigenvalue weighted by molar-refractivity contribution is 5.74. The van der Waals surface area contributed by atoms with Gasteiger partial charge >= 0.3 is 6.03 Å². The first-order valence-corrected chi connectivity index (χ1v) is 9.54. The lowest BCUT2D eigenvalue weighted by Gasteiger charge is -2.29. The van der Waals surface area contributed by atoms with Gasteiger partial charge in [-0.25, -0.2) is 14.8 Å². The first-order chi connectivity index (χ1) is 13.3. The van der Waals surface area contributed by atoms with Crippen molar-refractivity contribution in [1.29, 1.82) is 0 Å². The highest BCUT2D eigenvalue weighted by Crippen LogP contribution is 2.21. The topological polar surface area (TPSA) is 79.4 Å². The van der Waals surface area contributed by atoms with E-state index in [1.165, 1.54) is 19.3 Å². The van der Waals surface area contributed by atoms with Crippen molar-refractivity contribution in [3.8, 4) is 5.88 Å². The second kappa shape index (κ2) is 9.75. The van der Waals surface area contributed by atoms with Crippen LogP contribution in [0.1, 0.15) is 37.3 Å². The van der Waals surface area contributed by atoms with E-state index >= 15 is 0 Å². The summed E-state index contributed by atoms with van der Waals surface area (Å²) in [6, 6.07) is 7.42. The van der Waals surface area contributed by atoms with Crippen LogP contribution in [0.15, 0.2) is 36.7 Å². The van der Waals surface area contributed by atoms with Crippen molar-refractivity contribution in [3.05, 3.63) is 47.8 Å². The van der Waals surface area contributed by atoms with Gasteiger partial charge < -0.3 is 20.3 Å². The van der Waals surface area contributed by atoms with E-state index in [-0.39, 0.29) is 6.03 Å². The summed E-state index contributed by atoms with van der Waals surface area (Å²) in [5.41, 5.74) is 1.98. The minimum atomic E-state index is -0.210. The first kappa shape index (κ1) is 18.9. The van der Waals surface area contributed by atoms with Crippen LogP contribution in [0, 0.1) is 0 Å². The van der Waals surface area contributed by atoms with Gasteiger partial charge in [0, 0.05) is 50.2 Å². The number of hydrogen-bond donors (Lipinski definition) is 2. The predicted molar refractivity (Wildman–Crippen MR) is 105 cm³/mol. The summed E-state index contributed by atoms with van der Waals surface area (Å²) in [6.07, 6.45) is 7.16. The van der Waals surface area contributed by atoms with Gasteiger partial charge in [0.15, 0.2) is 0 Å². The molecule has 0 unspecified atom stereocenters. The summed E-state index contributed by atoms with van der Waals surface area (Å²) >= 11 is 0. The molecule has 1 fully saturated rings. The second-order valence-electron chi connectivity index (χ2n) is 6.51. The monoisotopic (exact) mass is 369 g/mol. The Balaban J connectivity index is 1.51. The average molecular weight is 369 g/mol. The molecule has 0 aliphatic carbocycles. The highest BCUT2D eigenvalue weighted by atomic mass is 16.5. The fourth-order valence-electron chi connectivity index (χ4n) is 3.17. The van der Waals surface area contributed by atoms with Crippen molar-refractivity contribution >= 4 is 11.8 Å². The van der Waals surface area contributed by atoms with Gasteiger partial charge in [-0.1, -0.05) is 6.07 Å². The molecule has 2 N–H and O–H groups in total. The molecular formula is C20H27N5O2. The van der Waals surface area contributed by atoms with Crippen molar-refractivity contribution in [1.82, 2.24) is 20.6 Å². The average Bonchev–Trinajstić information content (AvgIpc) is 2.72. The number of ether oxygens (including phenoxy) is 1. The Bertz CT molecular complexity index is 747. The van der Waals surface area contributed by atoms with E-state index in [1.54, 1.807) is 6.20 Å². The standard InChI is InChI=1S/C20H27N5O2/c1-2-27-18-13-16(8-10-21-18)14-23-20(26)24-15-17-7-6-9-22-19(17)25-11-4-3-5-12-25/h6-10,13H,2-5,11-12,14-15H2,1H3,(H2,23,24,26). The number of rotatable bonds is 7. The fourth-order valence-corrected chi connectivity index (χ4v) is 3.17. The smallest absolute Gasteiger partial charge is 0.315 e. The van der Waals surface area contributed by atoms with E-state index in [1.807, 2.05) is 37.4 Å². The van der Waals surface area contributed by atoms with Gasteiger partial charge in [-0.05, 0) is 43.9 Å². The number of carbonyl (C=O) groups excluding carboxylic acids is 1. The molecule has 1 aliphatic heterocycles. The van der Waals surface area contributed by atoms with Crippen LogP contribution in [0.2, 0.25) is 0 Å². The predicted octanol–water partition coefficient (Wildman–Crippen LogP) is 2.87. The van der Waals surface area contributed by atoms with E-state index in [4.69, 9.17) is 4.74 Å². The van der Waals surface area contributed by atoms with E-state index < -0.39 is 0 Å². The molecule has 1 aliphatic rings. The number of hydrogen-bond acceptors (Lipinski definition) is 5. The van der Waals surface area contributed by atoms with Crippen LogP contribution in [0.5, 0.6) is 5.88 Å². The van der Waals surface area contributed by atoms with Gasteiger partial charge in [0.05, 0.1) is 6.61 Å². The van der Waals surface area contributed by atoms with E-state index in [0.717, 1.165) is 30.0 Å². The molecule has 2 aromatic heterocycles. The summed E-state index contributed by atoms with van der Waals surface area (Å²) in [7, 11) is 0. The zero-order valence-corrected chi connectivity index (χ0v) is 15.8. The van der Waals surface area contributed by atoms with Crippen LogP contribution < -0.4 is 20.3 Å². The largest absolute Gasteiger partial charge is 0.478 e. The molecule has 7 nitrogen and oxygen atoms in total. The lowest BCUT2D eigenvalue weighted by Crippen LogP contribution is -2.36. The maximum absolute atomic E-state index is 12.2. The summed E-state index contributed by atoms with van der Waals surface area (Å²) in [5, 5.41) is 5.80. The van der Waals surface area contributed by atoms with Crippen LogP contribution in [-0.4, -0.2) is 35.7 Å². The van der Waals surface area contributed by atoms with Crippen molar-refractivity contribution < 1.29 is 9.53 Å². The third kappa shape index (κ3) is 5.57. The second-order valence-corrected chi connectivity index (χ2v) is 6.51. The molecule has 2 aromatic rings. The Morgan fingerprint density at radius 2 is 1.93 bits per heavy atom. The molecular weight excluding hydrogens is 342 g/mol. The number of urea groups is 1. The van der Waals surface area contributed by atoms with Gasteiger partial charge in [0.2, 0.25) is 5.88 Å². The van der Waals surface area contributed by atoms with E-state index in [2.05, 4.69) is 25.5 Å². The summed E-state index contributed by atoms with van der Waals surface area (Å²) in [6.45, 7) is 5.40. The number of aromatic nitrogens is 2. The third-order valence-corrected chi connectivity index (χ3v) is 4.51. The molecule has 0 saturated carbocycles. The summed E-state index contributed by atoms with van der Waals surface area (Å²) < 4.78 is 5.38. The number of nitrogens with one attached hydrogen (secondary N) is 2. The Kier molecular flexibility index (Phi) is 6.84. The summed E-state index contributed by atoms with van der Waals surface area (Å²) in [4.78, 5) is 23.2. The number of pyridine rings is 2. The molecule has 3 rings (SSSR count). The van der Waals surface area contributed by atoms with Crippen molar-refractivity contribution in [2.24, 2.45) is 0 Å². The Labute approximate surface area is 160 Å². The molecule has 0 bridgehead atoms. The molecule has 3 heterocycles. The van der Waals surface area contributed by atoms with Crippen molar-refractivity contribution in [2.45, 2.75) is 39.3 Å². The van der Waals surface area contributed by atoms with E-state index in [0.29, 0.717) is 25.6 Å². The highest BCUT2D eigenvalue weighted by Gasteiger charge is 2.15. The molecule has 0 radical (unpaired) electrons. The number of anilines is 1. The number of carbonyl (C=O) groups is 1. The van der Waals surface area contributed by atoms with Crippen LogP contribution in [0.25, 0.3) is 0 Å². The normalized spacial score (nSPS) is 13.9. The number of amides is 2. The molecule has 0 spiro atoms. The molecule has 0 aromatic carbocycles. The van der Waals surface area contributed by atoms with E-state index in [9.17, 15) is 4.79 Å². The Morgan fingerprint density at radius 3 is 2.74 bits per heavy atom. The zero-order chi connectivity index (χ0) is 18.9.